The summed E-state index contributed by atoms with van der Waals surface area (Å²) < 4.78 is 5.51. The van der Waals surface area contributed by atoms with Gasteiger partial charge in [0.25, 0.3) is 0 Å². The molecule has 0 bridgehead atoms. The second-order valence-corrected chi connectivity index (χ2v) is 4.10. The van der Waals surface area contributed by atoms with Gasteiger partial charge in [0.05, 0.1) is 6.54 Å². The number of rotatable bonds is 2. The lowest BCUT2D eigenvalue weighted by molar-refractivity contribution is 0.0290. The van der Waals surface area contributed by atoms with E-state index in [1.54, 1.807) is 7.11 Å². The van der Waals surface area contributed by atoms with Crippen LogP contribution >= 0.6 is 12.2 Å². The molecular weight excluding hydrogens is 208 g/mol. The lowest BCUT2D eigenvalue weighted by Gasteiger charge is -2.33. The van der Waals surface area contributed by atoms with E-state index in [4.69, 9.17) is 17.0 Å². The molecule has 1 aliphatic heterocycles. The summed E-state index contributed by atoms with van der Waals surface area (Å²) in [6, 6.07) is 10.0. The molecule has 0 saturated carbocycles. The first-order chi connectivity index (χ1) is 7.17. The molecule has 0 spiro atoms. The van der Waals surface area contributed by atoms with Crippen LogP contribution in [0.2, 0.25) is 0 Å². The Balaban J connectivity index is 2.38. The average molecular weight is 222 g/mol. The lowest BCUT2D eigenvalue weighted by atomic mass is 10.2. The van der Waals surface area contributed by atoms with E-state index >= 15 is 0 Å². The van der Waals surface area contributed by atoms with Gasteiger partial charge in [0.15, 0.2) is 10.8 Å². The minimum atomic E-state index is -0.390. The van der Waals surface area contributed by atoms with Crippen LogP contribution in [-0.2, 0) is 4.74 Å². The first-order valence-corrected chi connectivity index (χ1v) is 5.26. The van der Waals surface area contributed by atoms with Crippen molar-refractivity contribution in [3.63, 3.8) is 0 Å². The number of nitrogens with one attached hydrogen (secondary N) is 1. The van der Waals surface area contributed by atoms with Gasteiger partial charge in [0, 0.05) is 12.8 Å². The molecule has 0 aliphatic carbocycles. The van der Waals surface area contributed by atoms with Crippen LogP contribution in [0.3, 0.4) is 0 Å². The van der Waals surface area contributed by atoms with Crippen molar-refractivity contribution in [2.24, 2.45) is 0 Å². The molecule has 1 N–H and O–H groups in total. The van der Waals surface area contributed by atoms with Crippen molar-refractivity contribution < 1.29 is 4.74 Å². The summed E-state index contributed by atoms with van der Waals surface area (Å²) in [5.74, 6) is 0. The lowest BCUT2D eigenvalue weighted by Crippen LogP contribution is -2.46. The van der Waals surface area contributed by atoms with E-state index in [0.717, 1.165) is 5.69 Å². The van der Waals surface area contributed by atoms with E-state index in [-0.39, 0.29) is 0 Å². The van der Waals surface area contributed by atoms with Gasteiger partial charge in [0.2, 0.25) is 0 Å². The molecule has 1 aliphatic rings. The Morgan fingerprint density at radius 1 is 1.40 bits per heavy atom. The van der Waals surface area contributed by atoms with Crippen LogP contribution in [0.1, 0.15) is 6.92 Å². The maximum atomic E-state index is 5.51. The number of thiocarbonyl (C=S) groups is 1. The van der Waals surface area contributed by atoms with Crippen LogP contribution in [-0.4, -0.2) is 24.5 Å². The maximum Gasteiger partial charge on any atom is 0.176 e. The third-order valence-electron chi connectivity index (χ3n) is 2.70. The standard InChI is InChI=1S/C11H14N2OS/c1-11(14-2)8-12-10(15)13(11)9-6-4-3-5-7-9/h3-7H,8H2,1-2H3,(H,12,15). The normalized spacial score (nSPS) is 25.5. The molecule has 1 aromatic rings. The Hall–Kier alpha value is -1.13. The van der Waals surface area contributed by atoms with Gasteiger partial charge >= 0.3 is 0 Å². The highest BCUT2D eigenvalue weighted by molar-refractivity contribution is 7.80. The van der Waals surface area contributed by atoms with Gasteiger partial charge in [-0.3, -0.25) is 4.90 Å². The second kappa shape index (κ2) is 3.79. The molecule has 0 amide bonds. The number of para-hydroxylation sites is 1. The molecule has 0 aromatic heterocycles. The van der Waals surface area contributed by atoms with E-state index in [1.807, 2.05) is 42.2 Å². The number of hydrogen-bond donors (Lipinski definition) is 1. The summed E-state index contributed by atoms with van der Waals surface area (Å²) >= 11 is 5.27. The Kier molecular flexibility index (Phi) is 2.63. The fourth-order valence-corrected chi connectivity index (χ4v) is 2.11. The van der Waals surface area contributed by atoms with Crippen LogP contribution in [0.4, 0.5) is 5.69 Å². The Bertz CT molecular complexity index is 368. The fourth-order valence-electron chi connectivity index (χ4n) is 1.74. The average Bonchev–Trinajstić information content (AvgIpc) is 2.57. The topological polar surface area (TPSA) is 24.5 Å². The van der Waals surface area contributed by atoms with Gasteiger partial charge in [-0.2, -0.15) is 0 Å². The van der Waals surface area contributed by atoms with E-state index < -0.39 is 5.72 Å². The zero-order valence-corrected chi connectivity index (χ0v) is 9.67. The van der Waals surface area contributed by atoms with Crippen molar-refractivity contribution in [1.82, 2.24) is 5.32 Å². The largest absolute Gasteiger partial charge is 0.357 e. The zero-order chi connectivity index (χ0) is 10.9. The van der Waals surface area contributed by atoms with Gasteiger partial charge in [0.1, 0.15) is 0 Å². The molecule has 3 nitrogen and oxygen atoms in total. The van der Waals surface area contributed by atoms with Gasteiger partial charge in [-0.05, 0) is 31.3 Å². The van der Waals surface area contributed by atoms with Crippen molar-refractivity contribution >= 4 is 23.0 Å². The monoisotopic (exact) mass is 222 g/mol. The smallest absolute Gasteiger partial charge is 0.176 e. The van der Waals surface area contributed by atoms with Crippen LogP contribution in [0.25, 0.3) is 0 Å². The molecule has 15 heavy (non-hydrogen) atoms. The van der Waals surface area contributed by atoms with Crippen LogP contribution in [0.15, 0.2) is 30.3 Å². The maximum absolute atomic E-state index is 5.51. The minimum Gasteiger partial charge on any atom is -0.357 e. The Labute approximate surface area is 95.0 Å². The van der Waals surface area contributed by atoms with Gasteiger partial charge in [-0.15, -0.1) is 0 Å². The minimum absolute atomic E-state index is 0.390. The van der Waals surface area contributed by atoms with E-state index in [1.165, 1.54) is 0 Å². The Morgan fingerprint density at radius 3 is 2.67 bits per heavy atom. The highest BCUT2D eigenvalue weighted by Crippen LogP contribution is 2.28. The summed E-state index contributed by atoms with van der Waals surface area (Å²) in [5, 5.41) is 3.86. The SMILES string of the molecule is COC1(C)CNC(=S)N1c1ccccc1. The number of anilines is 1. The molecule has 1 heterocycles. The molecule has 1 atom stereocenters. The van der Waals surface area contributed by atoms with E-state index in [2.05, 4.69) is 5.32 Å². The second-order valence-electron chi connectivity index (χ2n) is 3.71. The summed E-state index contributed by atoms with van der Waals surface area (Å²) in [6.07, 6.45) is 0. The predicted octanol–water partition coefficient (Wildman–Crippen LogP) is 1.74. The quantitative estimate of drug-likeness (QED) is 0.770. The summed E-state index contributed by atoms with van der Waals surface area (Å²) in [6.45, 7) is 2.73. The first-order valence-electron chi connectivity index (χ1n) is 4.86. The van der Waals surface area contributed by atoms with Crippen molar-refractivity contribution in [3.05, 3.63) is 30.3 Å². The molecule has 4 heteroatoms. The zero-order valence-electron chi connectivity index (χ0n) is 8.86. The van der Waals surface area contributed by atoms with Crippen LogP contribution in [0.5, 0.6) is 0 Å². The molecule has 1 fully saturated rings. The molecule has 1 unspecified atom stereocenters. The molecule has 1 saturated heterocycles. The molecule has 1 aromatic carbocycles. The predicted molar refractivity (Wildman–Crippen MR) is 64.9 cm³/mol. The summed E-state index contributed by atoms with van der Waals surface area (Å²) in [5.41, 5.74) is 0.662. The van der Waals surface area contributed by atoms with Gasteiger partial charge < -0.3 is 10.1 Å². The number of benzene rings is 1. The van der Waals surface area contributed by atoms with E-state index in [0.29, 0.717) is 11.7 Å². The van der Waals surface area contributed by atoms with Crippen LogP contribution in [0, 0.1) is 0 Å². The third kappa shape index (κ3) is 1.70. The molecular formula is C11H14N2OS. The van der Waals surface area contributed by atoms with Gasteiger partial charge in [-0.25, -0.2) is 0 Å². The molecule has 0 radical (unpaired) electrons. The number of hydrogen-bond acceptors (Lipinski definition) is 2. The van der Waals surface area contributed by atoms with Crippen molar-refractivity contribution in [2.45, 2.75) is 12.6 Å². The van der Waals surface area contributed by atoms with Crippen molar-refractivity contribution in [1.29, 1.82) is 0 Å². The fraction of sp³-hybridized carbons (Fsp3) is 0.364. The number of ether oxygens (including phenoxy) is 1. The molecule has 80 valence electrons. The van der Waals surface area contributed by atoms with Crippen molar-refractivity contribution in [3.8, 4) is 0 Å². The van der Waals surface area contributed by atoms with Crippen LogP contribution < -0.4 is 10.2 Å². The van der Waals surface area contributed by atoms with E-state index in [9.17, 15) is 0 Å². The number of methoxy groups -OCH3 is 1. The highest BCUT2D eigenvalue weighted by atomic mass is 32.1. The van der Waals surface area contributed by atoms with Gasteiger partial charge in [-0.1, -0.05) is 18.2 Å². The summed E-state index contributed by atoms with van der Waals surface area (Å²) in [4.78, 5) is 2.00. The third-order valence-corrected chi connectivity index (χ3v) is 3.02. The Morgan fingerprint density at radius 2 is 2.07 bits per heavy atom. The number of nitrogens with zero attached hydrogens (tertiary/aromatic N) is 1. The first kappa shape index (κ1) is 10.4. The summed E-state index contributed by atoms with van der Waals surface area (Å²) in [7, 11) is 1.70. The highest BCUT2D eigenvalue weighted by Gasteiger charge is 2.40. The molecule has 2 rings (SSSR count). The van der Waals surface area contributed by atoms with Crippen molar-refractivity contribution in [2.75, 3.05) is 18.6 Å².